The average Bonchev–Trinajstić information content (AvgIpc) is 2.61. The van der Waals surface area contributed by atoms with Crippen LogP contribution in [0.5, 0.6) is 0 Å². The highest BCUT2D eigenvalue weighted by Gasteiger charge is 2.14. The Morgan fingerprint density at radius 1 is 1.40 bits per heavy atom. The summed E-state index contributed by atoms with van der Waals surface area (Å²) in [5, 5.41) is 1.07. The highest BCUT2D eigenvalue weighted by Crippen LogP contribution is 2.33. The molecule has 15 heavy (non-hydrogen) atoms. The summed E-state index contributed by atoms with van der Waals surface area (Å²) in [6.07, 6.45) is 5.83. The van der Waals surface area contributed by atoms with Crippen LogP contribution in [0.15, 0.2) is 29.4 Å². The van der Waals surface area contributed by atoms with Gasteiger partial charge in [0.15, 0.2) is 0 Å². The largest absolute Gasteiger partial charge is 0.345 e. The second-order valence-electron chi connectivity index (χ2n) is 3.83. The summed E-state index contributed by atoms with van der Waals surface area (Å²) in [7, 11) is 0. The molecule has 0 saturated heterocycles. The van der Waals surface area contributed by atoms with Crippen LogP contribution in [-0.4, -0.2) is 10.6 Å². The maximum absolute atomic E-state index is 10.3. The third kappa shape index (κ3) is 1.14. The van der Waals surface area contributed by atoms with Crippen LogP contribution in [0.4, 0.5) is 5.69 Å². The average molecular weight is 198 g/mol. The van der Waals surface area contributed by atoms with Gasteiger partial charge < -0.3 is 4.57 Å². The number of hydrogen-bond donors (Lipinski definition) is 0. The molecule has 0 aliphatic carbocycles. The smallest absolute Gasteiger partial charge is 0.240 e. The number of aromatic nitrogens is 1. The van der Waals surface area contributed by atoms with Gasteiger partial charge in [-0.2, -0.15) is 4.99 Å². The molecule has 0 N–H and O–H groups in total. The fourth-order valence-electron chi connectivity index (χ4n) is 2.38. The number of aryl methyl sites for hydroxylation is 2. The van der Waals surface area contributed by atoms with Crippen molar-refractivity contribution >= 4 is 22.7 Å². The SMILES string of the molecule is O=C=Nc1cn2c3c(cccc13)CCC2. The molecule has 0 unspecified atom stereocenters. The van der Waals surface area contributed by atoms with Crippen LogP contribution >= 0.6 is 0 Å². The summed E-state index contributed by atoms with van der Waals surface area (Å²) >= 11 is 0. The van der Waals surface area contributed by atoms with E-state index >= 15 is 0 Å². The standard InChI is InChI=1S/C12H10N2O/c15-8-13-11-7-14-6-2-4-9-3-1-5-10(11)12(9)14/h1,3,5,7H,2,4,6H2. The van der Waals surface area contributed by atoms with Crippen molar-refractivity contribution in [1.82, 2.24) is 4.57 Å². The van der Waals surface area contributed by atoms with Gasteiger partial charge in [0.2, 0.25) is 6.08 Å². The highest BCUT2D eigenvalue weighted by atomic mass is 16.1. The van der Waals surface area contributed by atoms with Crippen LogP contribution in [0, 0.1) is 0 Å². The second-order valence-corrected chi connectivity index (χ2v) is 3.83. The van der Waals surface area contributed by atoms with Gasteiger partial charge in [0.25, 0.3) is 0 Å². The van der Waals surface area contributed by atoms with Gasteiger partial charge in [-0.3, -0.25) is 0 Å². The molecule has 2 aromatic rings. The number of carbonyl (C=O) groups excluding carboxylic acids is 1. The highest BCUT2D eigenvalue weighted by molar-refractivity contribution is 5.94. The first-order valence-corrected chi connectivity index (χ1v) is 5.09. The van der Waals surface area contributed by atoms with Crippen molar-refractivity contribution in [3.8, 4) is 0 Å². The minimum atomic E-state index is 0.740. The first kappa shape index (κ1) is 8.45. The van der Waals surface area contributed by atoms with Crippen molar-refractivity contribution in [3.05, 3.63) is 30.0 Å². The van der Waals surface area contributed by atoms with E-state index in [1.165, 1.54) is 11.1 Å². The number of rotatable bonds is 1. The summed E-state index contributed by atoms with van der Waals surface area (Å²) in [6.45, 7) is 1.02. The monoisotopic (exact) mass is 198 g/mol. The van der Waals surface area contributed by atoms with Crippen molar-refractivity contribution < 1.29 is 4.79 Å². The second kappa shape index (κ2) is 3.07. The first-order valence-electron chi connectivity index (χ1n) is 5.09. The molecule has 2 heterocycles. The molecular weight excluding hydrogens is 188 g/mol. The number of aliphatic imine (C=N–C) groups is 1. The summed E-state index contributed by atoms with van der Waals surface area (Å²) in [5.41, 5.74) is 3.33. The van der Waals surface area contributed by atoms with E-state index in [0.717, 1.165) is 30.5 Å². The van der Waals surface area contributed by atoms with Gasteiger partial charge >= 0.3 is 0 Å². The molecule has 1 aliphatic rings. The van der Waals surface area contributed by atoms with Gasteiger partial charge in [-0.05, 0) is 18.4 Å². The third-order valence-corrected chi connectivity index (χ3v) is 2.97. The van der Waals surface area contributed by atoms with E-state index in [-0.39, 0.29) is 0 Å². The molecule has 3 nitrogen and oxygen atoms in total. The quantitative estimate of drug-likeness (QED) is 0.512. The van der Waals surface area contributed by atoms with Crippen LogP contribution in [0.1, 0.15) is 12.0 Å². The van der Waals surface area contributed by atoms with E-state index < -0.39 is 0 Å². The Balaban J connectivity index is 2.43. The third-order valence-electron chi connectivity index (χ3n) is 2.97. The lowest BCUT2D eigenvalue weighted by atomic mass is 10.0. The molecule has 0 bridgehead atoms. The van der Waals surface area contributed by atoms with Crippen LogP contribution < -0.4 is 0 Å². The Morgan fingerprint density at radius 2 is 2.33 bits per heavy atom. The van der Waals surface area contributed by atoms with Gasteiger partial charge in [0.1, 0.15) is 5.69 Å². The topological polar surface area (TPSA) is 34.4 Å². The number of para-hydroxylation sites is 1. The zero-order valence-electron chi connectivity index (χ0n) is 8.23. The van der Waals surface area contributed by atoms with Gasteiger partial charge in [-0.1, -0.05) is 18.2 Å². The zero-order valence-corrected chi connectivity index (χ0v) is 8.23. The molecular formula is C12H10N2O. The Labute approximate surface area is 87.0 Å². The van der Waals surface area contributed by atoms with Crippen molar-refractivity contribution in [2.75, 3.05) is 0 Å². The van der Waals surface area contributed by atoms with Gasteiger partial charge in [0, 0.05) is 18.1 Å². The van der Waals surface area contributed by atoms with Crippen LogP contribution in [-0.2, 0) is 17.8 Å². The number of benzene rings is 1. The van der Waals surface area contributed by atoms with E-state index in [1.54, 1.807) is 6.08 Å². The Hall–Kier alpha value is -1.86. The first-order chi connectivity index (χ1) is 7.40. The lowest BCUT2D eigenvalue weighted by Crippen LogP contribution is -2.05. The molecule has 1 aromatic heterocycles. The predicted octanol–water partition coefficient (Wildman–Crippen LogP) is 2.55. The van der Waals surface area contributed by atoms with Crippen molar-refractivity contribution in [3.63, 3.8) is 0 Å². The number of isocyanates is 1. The Kier molecular flexibility index (Phi) is 1.73. The van der Waals surface area contributed by atoms with E-state index in [9.17, 15) is 4.79 Å². The Bertz CT molecular complexity index is 577. The van der Waals surface area contributed by atoms with E-state index in [0.29, 0.717) is 0 Å². The van der Waals surface area contributed by atoms with Gasteiger partial charge in [-0.25, -0.2) is 4.79 Å². The van der Waals surface area contributed by atoms with Crippen molar-refractivity contribution in [1.29, 1.82) is 0 Å². The lowest BCUT2D eigenvalue weighted by molar-refractivity contribution is 0.565. The summed E-state index contributed by atoms with van der Waals surface area (Å²) < 4.78 is 2.18. The van der Waals surface area contributed by atoms with E-state index in [4.69, 9.17) is 0 Å². The van der Waals surface area contributed by atoms with Crippen molar-refractivity contribution in [2.24, 2.45) is 4.99 Å². The zero-order chi connectivity index (χ0) is 10.3. The molecule has 0 amide bonds. The lowest BCUT2D eigenvalue weighted by Gasteiger charge is -2.14. The molecule has 3 heteroatoms. The molecule has 0 fully saturated rings. The van der Waals surface area contributed by atoms with Crippen LogP contribution in [0.2, 0.25) is 0 Å². The molecule has 1 aliphatic heterocycles. The predicted molar refractivity (Wildman–Crippen MR) is 58.0 cm³/mol. The van der Waals surface area contributed by atoms with Crippen LogP contribution in [0.25, 0.3) is 10.9 Å². The normalized spacial score (nSPS) is 13.9. The molecule has 0 saturated carbocycles. The van der Waals surface area contributed by atoms with Gasteiger partial charge in [-0.15, -0.1) is 0 Å². The number of hydrogen-bond acceptors (Lipinski definition) is 2. The minimum absolute atomic E-state index is 0.740. The summed E-state index contributed by atoms with van der Waals surface area (Å²) in [5.74, 6) is 0. The molecule has 1 aromatic carbocycles. The summed E-state index contributed by atoms with van der Waals surface area (Å²) in [6, 6.07) is 6.18. The maximum atomic E-state index is 10.3. The number of nitrogens with zero attached hydrogens (tertiary/aromatic N) is 2. The Morgan fingerprint density at radius 3 is 3.20 bits per heavy atom. The fraction of sp³-hybridized carbons (Fsp3) is 0.250. The molecule has 0 atom stereocenters. The fourth-order valence-corrected chi connectivity index (χ4v) is 2.38. The van der Waals surface area contributed by atoms with E-state index in [2.05, 4.69) is 15.6 Å². The van der Waals surface area contributed by atoms with Crippen LogP contribution in [0.3, 0.4) is 0 Å². The summed E-state index contributed by atoms with van der Waals surface area (Å²) in [4.78, 5) is 14.1. The maximum Gasteiger partial charge on any atom is 0.240 e. The van der Waals surface area contributed by atoms with Gasteiger partial charge in [0.05, 0.1) is 5.52 Å². The molecule has 74 valence electrons. The minimum Gasteiger partial charge on any atom is -0.345 e. The molecule has 0 spiro atoms. The van der Waals surface area contributed by atoms with Crippen molar-refractivity contribution in [2.45, 2.75) is 19.4 Å². The van der Waals surface area contributed by atoms with E-state index in [1.807, 2.05) is 18.3 Å². The molecule has 3 rings (SSSR count). The molecule has 0 radical (unpaired) electrons.